The summed E-state index contributed by atoms with van der Waals surface area (Å²) in [7, 11) is 1.75. The summed E-state index contributed by atoms with van der Waals surface area (Å²) in [4.78, 5) is 40.9. The molecule has 28 heavy (non-hydrogen) atoms. The van der Waals surface area contributed by atoms with E-state index in [-0.39, 0.29) is 23.6 Å². The molecule has 2 saturated heterocycles. The summed E-state index contributed by atoms with van der Waals surface area (Å²) < 4.78 is 1.70. The highest BCUT2D eigenvalue weighted by molar-refractivity contribution is 6.07. The van der Waals surface area contributed by atoms with E-state index in [4.69, 9.17) is 0 Å². The number of hydrogen-bond acceptors (Lipinski definition) is 4. The van der Waals surface area contributed by atoms with Crippen LogP contribution in [-0.4, -0.2) is 62.5 Å². The zero-order valence-electron chi connectivity index (χ0n) is 16.1. The molecule has 0 saturated carbocycles. The second-order valence-corrected chi connectivity index (χ2v) is 7.56. The average Bonchev–Trinajstić information content (AvgIpc) is 3.13. The fraction of sp³-hybridized carbons (Fsp3) is 0.450. The number of fused-ring (bicyclic) bond motifs is 1. The van der Waals surface area contributed by atoms with Crippen molar-refractivity contribution in [1.82, 2.24) is 19.7 Å². The van der Waals surface area contributed by atoms with Gasteiger partial charge in [0.2, 0.25) is 0 Å². The van der Waals surface area contributed by atoms with Crippen LogP contribution < -0.4 is 5.32 Å². The smallest absolute Gasteiger partial charge is 0.325 e. The molecule has 4 amide bonds. The number of rotatable bonds is 3. The number of nitrogens with one attached hydrogen (secondary N) is 1. The maximum absolute atomic E-state index is 13.1. The molecular formula is C20H24N4O4. The van der Waals surface area contributed by atoms with Gasteiger partial charge in [-0.2, -0.15) is 0 Å². The average molecular weight is 384 g/mol. The van der Waals surface area contributed by atoms with Crippen LogP contribution in [0.1, 0.15) is 36.7 Å². The van der Waals surface area contributed by atoms with E-state index in [9.17, 15) is 19.5 Å². The van der Waals surface area contributed by atoms with Crippen molar-refractivity contribution < 1.29 is 19.5 Å². The molecule has 2 aliphatic rings. The Labute approximate surface area is 162 Å². The monoisotopic (exact) mass is 384 g/mol. The molecule has 0 unspecified atom stereocenters. The van der Waals surface area contributed by atoms with E-state index < -0.39 is 5.54 Å². The molecule has 3 heterocycles. The molecule has 0 radical (unpaired) electrons. The number of aryl methyl sites for hydroxylation is 1. The topological polar surface area (TPSA) is 94.9 Å². The molecule has 0 atom stereocenters. The number of imide groups is 1. The van der Waals surface area contributed by atoms with Crippen molar-refractivity contribution >= 4 is 28.7 Å². The molecule has 8 heteroatoms. The van der Waals surface area contributed by atoms with Gasteiger partial charge in [-0.15, -0.1) is 0 Å². The SMILES string of the molecule is CCCN1C(=O)NC2(CCN(C(=O)c3cc4cccc(O)c4n3C)CC2)C1=O. The van der Waals surface area contributed by atoms with Gasteiger partial charge in [-0.05, 0) is 31.4 Å². The number of likely N-dealkylation sites (tertiary alicyclic amines) is 1. The lowest BCUT2D eigenvalue weighted by Crippen LogP contribution is -2.56. The molecule has 1 spiro atoms. The number of hydrogen-bond donors (Lipinski definition) is 2. The first-order chi connectivity index (χ1) is 13.4. The van der Waals surface area contributed by atoms with Crippen LogP contribution in [0.2, 0.25) is 0 Å². The Kier molecular flexibility index (Phi) is 4.28. The number of carbonyl (C=O) groups is 3. The summed E-state index contributed by atoms with van der Waals surface area (Å²) in [6.45, 7) is 3.11. The van der Waals surface area contributed by atoms with Crippen molar-refractivity contribution in [3.8, 4) is 5.75 Å². The molecule has 4 rings (SSSR count). The van der Waals surface area contributed by atoms with Crippen molar-refractivity contribution in [3.05, 3.63) is 30.0 Å². The van der Waals surface area contributed by atoms with Crippen molar-refractivity contribution in [2.24, 2.45) is 7.05 Å². The third kappa shape index (κ3) is 2.63. The van der Waals surface area contributed by atoms with Gasteiger partial charge in [0.15, 0.2) is 0 Å². The summed E-state index contributed by atoms with van der Waals surface area (Å²) in [6.07, 6.45) is 1.52. The Morgan fingerprint density at radius 2 is 1.96 bits per heavy atom. The van der Waals surface area contributed by atoms with E-state index in [1.165, 1.54) is 4.90 Å². The summed E-state index contributed by atoms with van der Waals surface area (Å²) >= 11 is 0. The van der Waals surface area contributed by atoms with Crippen LogP contribution in [0.3, 0.4) is 0 Å². The van der Waals surface area contributed by atoms with Crippen LogP contribution in [0, 0.1) is 0 Å². The lowest BCUT2D eigenvalue weighted by atomic mass is 9.87. The molecule has 2 aromatic rings. The van der Waals surface area contributed by atoms with Crippen molar-refractivity contribution in [2.45, 2.75) is 31.7 Å². The Hall–Kier alpha value is -3.03. The third-order valence-electron chi connectivity index (χ3n) is 5.85. The molecule has 8 nitrogen and oxygen atoms in total. The lowest BCUT2D eigenvalue weighted by molar-refractivity contribution is -0.132. The number of amides is 4. The Balaban J connectivity index is 1.53. The number of phenols is 1. The van der Waals surface area contributed by atoms with E-state index >= 15 is 0 Å². The molecule has 1 aromatic heterocycles. The predicted octanol–water partition coefficient (Wildman–Crippen LogP) is 1.82. The first kappa shape index (κ1) is 18.3. The third-order valence-corrected chi connectivity index (χ3v) is 5.85. The zero-order valence-corrected chi connectivity index (χ0v) is 16.1. The van der Waals surface area contributed by atoms with E-state index in [1.54, 1.807) is 34.7 Å². The van der Waals surface area contributed by atoms with Gasteiger partial charge in [0.25, 0.3) is 11.8 Å². The minimum atomic E-state index is -0.889. The molecule has 2 aliphatic heterocycles. The van der Waals surface area contributed by atoms with Gasteiger partial charge in [-0.25, -0.2) is 4.79 Å². The molecule has 0 bridgehead atoms. The molecule has 148 valence electrons. The molecule has 1 aromatic carbocycles. The first-order valence-corrected chi connectivity index (χ1v) is 9.59. The van der Waals surface area contributed by atoms with Gasteiger partial charge in [-0.3, -0.25) is 14.5 Å². The second-order valence-electron chi connectivity index (χ2n) is 7.56. The van der Waals surface area contributed by atoms with Gasteiger partial charge in [0.1, 0.15) is 17.0 Å². The molecule has 2 N–H and O–H groups in total. The number of carbonyl (C=O) groups excluding carboxylic acids is 3. The predicted molar refractivity (Wildman–Crippen MR) is 103 cm³/mol. The van der Waals surface area contributed by atoms with E-state index in [0.717, 1.165) is 5.39 Å². The first-order valence-electron chi connectivity index (χ1n) is 9.59. The number of piperidine rings is 1. The maximum Gasteiger partial charge on any atom is 0.325 e. The van der Waals surface area contributed by atoms with Crippen LogP contribution >= 0.6 is 0 Å². The number of nitrogens with zero attached hydrogens (tertiary/aromatic N) is 3. The summed E-state index contributed by atoms with van der Waals surface area (Å²) in [5.74, 6) is -0.192. The number of para-hydroxylation sites is 1. The number of aromatic hydroxyl groups is 1. The minimum absolute atomic E-state index is 0.131. The Morgan fingerprint density at radius 1 is 1.25 bits per heavy atom. The van der Waals surface area contributed by atoms with Crippen LogP contribution in [0.5, 0.6) is 5.75 Å². The molecular weight excluding hydrogens is 360 g/mol. The quantitative estimate of drug-likeness (QED) is 0.789. The highest BCUT2D eigenvalue weighted by atomic mass is 16.3. The number of aromatic nitrogens is 1. The second kappa shape index (κ2) is 6.54. The van der Waals surface area contributed by atoms with E-state index in [1.807, 2.05) is 13.0 Å². The standard InChI is InChI=1S/C20H24N4O4/c1-3-9-24-18(27)20(21-19(24)28)7-10-23(11-8-20)17(26)14-12-13-5-4-6-15(25)16(13)22(14)2/h4-6,12,25H,3,7-11H2,1-2H3,(H,21,28). The number of benzene rings is 1. The molecule has 2 fully saturated rings. The maximum atomic E-state index is 13.1. The Bertz CT molecular complexity index is 972. The van der Waals surface area contributed by atoms with Gasteiger partial charge in [0, 0.05) is 32.1 Å². The summed E-state index contributed by atoms with van der Waals surface area (Å²) in [6, 6.07) is 6.63. The van der Waals surface area contributed by atoms with E-state index in [0.29, 0.717) is 50.1 Å². The zero-order chi connectivity index (χ0) is 20.1. The Morgan fingerprint density at radius 3 is 2.61 bits per heavy atom. The van der Waals surface area contributed by atoms with Gasteiger partial charge < -0.3 is 19.9 Å². The van der Waals surface area contributed by atoms with Crippen LogP contribution in [0.15, 0.2) is 24.3 Å². The van der Waals surface area contributed by atoms with Crippen molar-refractivity contribution in [2.75, 3.05) is 19.6 Å². The highest BCUT2D eigenvalue weighted by Crippen LogP contribution is 2.32. The lowest BCUT2D eigenvalue weighted by Gasteiger charge is -2.37. The van der Waals surface area contributed by atoms with E-state index in [2.05, 4.69) is 5.32 Å². The highest BCUT2D eigenvalue weighted by Gasteiger charge is 2.52. The van der Waals surface area contributed by atoms with Crippen LogP contribution in [0.25, 0.3) is 10.9 Å². The van der Waals surface area contributed by atoms with Gasteiger partial charge in [0.05, 0.1) is 5.52 Å². The molecule has 0 aliphatic carbocycles. The van der Waals surface area contributed by atoms with Gasteiger partial charge in [-0.1, -0.05) is 19.1 Å². The summed E-state index contributed by atoms with van der Waals surface area (Å²) in [5.41, 5.74) is 0.217. The van der Waals surface area contributed by atoms with Crippen LogP contribution in [-0.2, 0) is 11.8 Å². The van der Waals surface area contributed by atoms with Crippen molar-refractivity contribution in [3.63, 3.8) is 0 Å². The number of urea groups is 1. The van der Waals surface area contributed by atoms with Gasteiger partial charge >= 0.3 is 6.03 Å². The normalized spacial score (nSPS) is 18.9. The van der Waals surface area contributed by atoms with Crippen LogP contribution in [0.4, 0.5) is 4.79 Å². The largest absolute Gasteiger partial charge is 0.506 e. The van der Waals surface area contributed by atoms with Crippen molar-refractivity contribution in [1.29, 1.82) is 0 Å². The fourth-order valence-electron chi connectivity index (χ4n) is 4.30. The minimum Gasteiger partial charge on any atom is -0.506 e. The number of phenolic OH excluding ortho intramolecular Hbond substituents is 1. The summed E-state index contributed by atoms with van der Waals surface area (Å²) in [5, 5.41) is 13.7. The fourth-order valence-corrected chi connectivity index (χ4v) is 4.30.